The number of nitrogen functional groups attached to an aromatic ring is 2. The second-order valence-corrected chi connectivity index (χ2v) is 12.3. The summed E-state index contributed by atoms with van der Waals surface area (Å²) in [5, 5.41) is 27.0. The number of rotatable bonds is 12. The van der Waals surface area contributed by atoms with E-state index in [0.717, 1.165) is 6.07 Å². The maximum atomic E-state index is 12.3. The lowest BCUT2D eigenvalue weighted by Gasteiger charge is -2.10. The van der Waals surface area contributed by atoms with Gasteiger partial charge in [-0.2, -0.15) is 13.5 Å². The maximum absolute atomic E-state index is 12.3. The Morgan fingerprint density at radius 1 is 0.884 bits per heavy atom. The van der Waals surface area contributed by atoms with Gasteiger partial charge in [-0.1, -0.05) is 12.1 Å². The third-order valence-corrected chi connectivity index (χ3v) is 8.19. The Morgan fingerprint density at radius 2 is 1.53 bits per heavy atom. The molecule has 0 bridgehead atoms. The normalized spacial score (nSPS) is 12.1. The van der Waals surface area contributed by atoms with E-state index >= 15 is 0 Å². The number of hydrogen-bond acceptors (Lipinski definition) is 14. The zero-order chi connectivity index (χ0) is 31.8. The van der Waals surface area contributed by atoms with Crippen LogP contribution in [0.4, 0.5) is 34.1 Å². The van der Waals surface area contributed by atoms with Crippen LogP contribution >= 0.6 is 0 Å². The Morgan fingerprint density at radius 3 is 2.16 bits per heavy atom. The van der Waals surface area contributed by atoms with Crippen LogP contribution in [0.3, 0.4) is 0 Å². The van der Waals surface area contributed by atoms with Gasteiger partial charge in [0.2, 0.25) is 0 Å². The van der Waals surface area contributed by atoms with Crippen LogP contribution in [0, 0.1) is 0 Å². The van der Waals surface area contributed by atoms with Gasteiger partial charge in [0, 0.05) is 12.1 Å². The fourth-order valence-electron chi connectivity index (χ4n) is 3.47. The Balaban J connectivity index is 1.89. The lowest BCUT2D eigenvalue weighted by molar-refractivity contribution is 0.0601. The van der Waals surface area contributed by atoms with Crippen molar-refractivity contribution in [3.05, 3.63) is 65.7 Å². The van der Waals surface area contributed by atoms with Gasteiger partial charge < -0.3 is 26.6 Å². The van der Waals surface area contributed by atoms with E-state index in [2.05, 4.69) is 25.8 Å². The van der Waals surface area contributed by atoms with Crippen molar-refractivity contribution in [1.82, 2.24) is 5.32 Å². The molecule has 7 N–H and O–H groups in total. The first kappa shape index (κ1) is 32.7. The van der Waals surface area contributed by atoms with Crippen molar-refractivity contribution in [2.75, 3.05) is 43.2 Å². The van der Waals surface area contributed by atoms with Crippen molar-refractivity contribution in [2.24, 2.45) is 20.5 Å². The highest BCUT2D eigenvalue weighted by Gasteiger charge is 2.23. The highest BCUT2D eigenvalue weighted by Crippen LogP contribution is 2.43. The van der Waals surface area contributed by atoms with Crippen molar-refractivity contribution >= 4 is 66.0 Å². The van der Waals surface area contributed by atoms with Crippen molar-refractivity contribution in [1.29, 1.82) is 0 Å². The van der Waals surface area contributed by atoms with Gasteiger partial charge in [0.05, 0.1) is 47.8 Å². The van der Waals surface area contributed by atoms with Gasteiger partial charge in [-0.15, -0.1) is 15.3 Å². The lowest BCUT2D eigenvalue weighted by Crippen LogP contribution is -2.30. The van der Waals surface area contributed by atoms with Gasteiger partial charge in [-0.3, -0.25) is 9.35 Å². The van der Waals surface area contributed by atoms with Crippen molar-refractivity contribution in [3.8, 4) is 0 Å². The molecule has 18 heteroatoms. The van der Waals surface area contributed by atoms with E-state index in [9.17, 15) is 31.0 Å². The van der Waals surface area contributed by atoms with Crippen LogP contribution in [-0.4, -0.2) is 70.1 Å². The first-order valence-corrected chi connectivity index (χ1v) is 15.4. The zero-order valence-electron chi connectivity index (χ0n) is 22.5. The maximum Gasteiger partial charge on any atom is 0.340 e. The molecule has 3 aromatic rings. The third kappa shape index (κ3) is 8.61. The van der Waals surface area contributed by atoms with Gasteiger partial charge in [0.25, 0.3) is 16.0 Å². The second kappa shape index (κ2) is 13.9. The second-order valence-electron chi connectivity index (χ2n) is 8.63. The summed E-state index contributed by atoms with van der Waals surface area (Å²) < 4.78 is 61.7. The first-order chi connectivity index (χ1) is 20.3. The standard InChI is InChI=1S/C25H27N7O9S2/c1-41-25(35)17-4-2-3-5-18(17)30-31-19-14-20(43(38,39)40)22(27)23(21(19)26)32-29-16-8-6-15(7-9-16)24(34)28-10-12-42(36,37)13-11-33/h2-9,14,33H,10-13,26-27H2,1H3,(H,28,34)(H,38,39,40)/b31-30+,32-29+. The van der Waals surface area contributed by atoms with Gasteiger partial charge in [0.1, 0.15) is 22.0 Å². The van der Waals surface area contributed by atoms with Gasteiger partial charge >= 0.3 is 5.97 Å². The van der Waals surface area contributed by atoms with E-state index in [4.69, 9.17) is 21.3 Å². The Hall–Kier alpha value is -4.78. The molecule has 0 saturated carbocycles. The molecule has 3 aromatic carbocycles. The van der Waals surface area contributed by atoms with Gasteiger partial charge in [0.15, 0.2) is 9.84 Å². The minimum Gasteiger partial charge on any atom is -0.465 e. The predicted molar refractivity (Wildman–Crippen MR) is 156 cm³/mol. The van der Waals surface area contributed by atoms with Crippen LogP contribution in [0.2, 0.25) is 0 Å². The summed E-state index contributed by atoms with van der Waals surface area (Å²) in [5.74, 6) is -1.99. The van der Waals surface area contributed by atoms with E-state index < -0.39 is 54.8 Å². The number of nitrogens with one attached hydrogen (secondary N) is 1. The molecule has 0 spiro atoms. The number of esters is 1. The summed E-state index contributed by atoms with van der Waals surface area (Å²) in [7, 11) is -7.19. The predicted octanol–water partition coefficient (Wildman–Crippen LogP) is 2.85. The fraction of sp³-hybridized carbons (Fsp3) is 0.200. The average Bonchev–Trinajstić information content (AvgIpc) is 2.96. The number of carbonyl (C=O) groups is 2. The minimum atomic E-state index is -4.87. The van der Waals surface area contributed by atoms with Crippen molar-refractivity contribution < 1.29 is 40.8 Å². The molecule has 0 radical (unpaired) electrons. The Bertz CT molecular complexity index is 1790. The van der Waals surface area contributed by atoms with Crippen LogP contribution in [0.15, 0.2) is 79.9 Å². The molecule has 0 fully saturated rings. The molecule has 0 aliphatic heterocycles. The number of methoxy groups -OCH3 is 1. The molecular formula is C25H27N7O9S2. The number of hydrogen-bond donors (Lipinski definition) is 5. The summed E-state index contributed by atoms with van der Waals surface area (Å²) >= 11 is 0. The summed E-state index contributed by atoms with van der Waals surface area (Å²) in [4.78, 5) is 23.6. The Labute approximate surface area is 246 Å². The zero-order valence-corrected chi connectivity index (χ0v) is 24.2. The summed E-state index contributed by atoms with van der Waals surface area (Å²) in [6.45, 7) is -0.667. The smallest absolute Gasteiger partial charge is 0.340 e. The number of ether oxygens (including phenoxy) is 1. The Kier molecular flexibility index (Phi) is 10.6. The molecule has 0 aliphatic rings. The van der Waals surface area contributed by atoms with Crippen molar-refractivity contribution in [3.63, 3.8) is 0 Å². The number of carbonyl (C=O) groups excluding carboxylic acids is 2. The number of azo groups is 2. The van der Waals surface area contributed by atoms with E-state index in [1.54, 1.807) is 12.1 Å². The van der Waals surface area contributed by atoms with Crippen LogP contribution in [-0.2, 0) is 24.7 Å². The molecule has 228 valence electrons. The van der Waals surface area contributed by atoms with E-state index in [0.29, 0.717) is 0 Å². The quantitative estimate of drug-likeness (QED) is 0.0837. The average molecular weight is 634 g/mol. The van der Waals surface area contributed by atoms with Crippen LogP contribution in [0.5, 0.6) is 0 Å². The third-order valence-electron chi connectivity index (χ3n) is 5.67. The number of benzene rings is 3. The SMILES string of the molecule is COC(=O)c1ccccc1/N=N/c1cc(S(=O)(=O)O)c(N)c(/N=N/c2ccc(C(=O)NCCS(=O)(=O)CCO)cc2)c1N. The van der Waals surface area contributed by atoms with Crippen LogP contribution in [0.1, 0.15) is 20.7 Å². The lowest BCUT2D eigenvalue weighted by atomic mass is 10.2. The van der Waals surface area contributed by atoms with Crippen LogP contribution in [0.25, 0.3) is 0 Å². The highest BCUT2D eigenvalue weighted by atomic mass is 32.2. The minimum absolute atomic E-state index is 0.0709. The van der Waals surface area contributed by atoms with E-state index in [1.165, 1.54) is 43.5 Å². The first-order valence-electron chi connectivity index (χ1n) is 12.2. The molecule has 0 aliphatic carbocycles. The van der Waals surface area contributed by atoms with Crippen LogP contribution < -0.4 is 16.8 Å². The molecule has 43 heavy (non-hydrogen) atoms. The number of aliphatic hydroxyl groups is 1. The number of anilines is 2. The largest absolute Gasteiger partial charge is 0.465 e. The summed E-state index contributed by atoms with van der Waals surface area (Å²) in [6.07, 6.45) is 0. The molecule has 0 atom stereocenters. The molecule has 0 unspecified atom stereocenters. The molecular weight excluding hydrogens is 606 g/mol. The van der Waals surface area contributed by atoms with Gasteiger partial charge in [-0.05, 0) is 42.5 Å². The number of aliphatic hydroxyl groups excluding tert-OH is 1. The molecule has 16 nitrogen and oxygen atoms in total. The fourth-order valence-corrected chi connectivity index (χ4v) is 5.00. The molecule has 0 aromatic heterocycles. The van der Waals surface area contributed by atoms with Gasteiger partial charge in [-0.25, -0.2) is 13.2 Å². The van der Waals surface area contributed by atoms with E-state index in [1.807, 2.05) is 0 Å². The molecule has 0 saturated heterocycles. The number of sulfone groups is 1. The molecule has 1 amide bonds. The highest BCUT2D eigenvalue weighted by molar-refractivity contribution is 7.91. The molecule has 0 heterocycles. The summed E-state index contributed by atoms with van der Waals surface area (Å²) in [5.41, 5.74) is 11.2. The van der Waals surface area contributed by atoms with E-state index in [-0.39, 0.29) is 51.9 Å². The number of nitrogens with two attached hydrogens (primary N) is 2. The summed E-state index contributed by atoms with van der Waals surface area (Å²) in [6, 6.07) is 12.5. The number of amides is 1. The number of nitrogens with zero attached hydrogens (tertiary/aromatic N) is 4. The van der Waals surface area contributed by atoms with Crippen molar-refractivity contribution in [2.45, 2.75) is 4.90 Å². The molecule has 3 rings (SSSR count). The topological polar surface area (TPSA) is 266 Å². The monoisotopic (exact) mass is 633 g/mol.